The van der Waals surface area contributed by atoms with E-state index in [1.165, 1.54) is 82.0 Å². The summed E-state index contributed by atoms with van der Waals surface area (Å²) in [5.41, 5.74) is 12.4. The van der Waals surface area contributed by atoms with Crippen molar-refractivity contribution < 1.29 is 4.42 Å². The van der Waals surface area contributed by atoms with Gasteiger partial charge in [-0.15, -0.1) is 0 Å². The van der Waals surface area contributed by atoms with Gasteiger partial charge in [0.25, 0.3) is 0 Å². The normalized spacial score (nSPS) is 11.9. The molecule has 2 heteroatoms. The molecule has 0 unspecified atom stereocenters. The van der Waals surface area contributed by atoms with Crippen molar-refractivity contribution in [3.8, 4) is 44.5 Å². The Morgan fingerprint density at radius 3 is 1.30 bits per heavy atom. The molecule has 0 fully saturated rings. The van der Waals surface area contributed by atoms with Crippen LogP contribution in [0.25, 0.3) is 120 Å². The highest BCUT2D eigenvalue weighted by Gasteiger charge is 2.20. The summed E-state index contributed by atoms with van der Waals surface area (Å²) in [6, 6.07) is 70.3. The van der Waals surface area contributed by atoms with Gasteiger partial charge in [-0.3, -0.25) is 4.98 Å². The van der Waals surface area contributed by atoms with E-state index in [-0.39, 0.29) is 0 Å². The summed E-state index contributed by atoms with van der Waals surface area (Å²) in [5.74, 6) is 0. The molecule has 57 heavy (non-hydrogen) atoms. The SMILES string of the molecule is c1ccc(-c2c3ccccc3c(-c3ccc4c(c3)oc3ccc(-c5c6ccccc6c(-c6ccc7cccnc7c6)c6ccccc56)cc34)c3ccccc23)cc1. The number of fused-ring (bicyclic) bond motifs is 8. The Hall–Kier alpha value is -7.55. The first-order valence-electron chi connectivity index (χ1n) is 19.5. The number of aromatic nitrogens is 1. The number of benzene rings is 10. The molecule has 2 heterocycles. The molecule has 0 saturated carbocycles. The van der Waals surface area contributed by atoms with Gasteiger partial charge in [0.15, 0.2) is 0 Å². The molecule has 0 spiro atoms. The van der Waals surface area contributed by atoms with E-state index >= 15 is 0 Å². The van der Waals surface area contributed by atoms with Gasteiger partial charge in [0, 0.05) is 22.4 Å². The molecule has 0 saturated heterocycles. The Kier molecular flexibility index (Phi) is 6.96. The third kappa shape index (κ3) is 4.87. The molecular formula is C55H33NO. The molecule has 0 amide bonds. The zero-order valence-corrected chi connectivity index (χ0v) is 30.9. The van der Waals surface area contributed by atoms with Crippen LogP contribution in [0.4, 0.5) is 0 Å². The zero-order chi connectivity index (χ0) is 37.5. The topological polar surface area (TPSA) is 26.0 Å². The van der Waals surface area contributed by atoms with Crippen molar-refractivity contribution in [3.63, 3.8) is 0 Å². The summed E-state index contributed by atoms with van der Waals surface area (Å²) < 4.78 is 6.70. The van der Waals surface area contributed by atoms with E-state index < -0.39 is 0 Å². The Labute approximate surface area is 328 Å². The van der Waals surface area contributed by atoms with Gasteiger partial charge < -0.3 is 4.42 Å². The molecule has 0 aliphatic carbocycles. The van der Waals surface area contributed by atoms with Gasteiger partial charge in [-0.2, -0.15) is 0 Å². The molecule has 0 aliphatic heterocycles. The highest BCUT2D eigenvalue weighted by molar-refractivity contribution is 6.24. The molecule has 0 N–H and O–H groups in total. The minimum absolute atomic E-state index is 0.883. The van der Waals surface area contributed by atoms with Crippen LogP contribution in [0.15, 0.2) is 205 Å². The summed E-state index contributed by atoms with van der Waals surface area (Å²) in [7, 11) is 0. The molecule has 10 aromatic carbocycles. The van der Waals surface area contributed by atoms with Gasteiger partial charge >= 0.3 is 0 Å². The standard InChI is InChI=1S/C55H33NO/c1-2-13-35(14-3-1)52-40-16-4-6-18-42(40)55(43-19-7-5-17-41(43)52)38-26-28-39-48-31-36(27-29-50(48)57-51(39)33-38)53-44-20-8-10-22-46(44)54(47-23-11-9-21-45(47)53)37-25-24-34-15-12-30-56-49(34)32-37/h1-33H. The second-order valence-electron chi connectivity index (χ2n) is 15.0. The summed E-state index contributed by atoms with van der Waals surface area (Å²) in [4.78, 5) is 4.70. The summed E-state index contributed by atoms with van der Waals surface area (Å²) >= 11 is 0. The second-order valence-corrected chi connectivity index (χ2v) is 15.0. The maximum Gasteiger partial charge on any atom is 0.136 e. The van der Waals surface area contributed by atoms with Crippen LogP contribution < -0.4 is 0 Å². The molecule has 0 bridgehead atoms. The quantitative estimate of drug-likeness (QED) is 0.169. The Morgan fingerprint density at radius 2 is 0.737 bits per heavy atom. The first-order chi connectivity index (χ1) is 28.3. The van der Waals surface area contributed by atoms with Gasteiger partial charge in [0.2, 0.25) is 0 Å². The lowest BCUT2D eigenvalue weighted by Gasteiger charge is -2.18. The number of hydrogen-bond donors (Lipinski definition) is 0. The van der Waals surface area contributed by atoms with Crippen LogP contribution in [-0.2, 0) is 0 Å². The highest BCUT2D eigenvalue weighted by Crippen LogP contribution is 2.47. The first-order valence-corrected chi connectivity index (χ1v) is 19.5. The van der Waals surface area contributed by atoms with E-state index in [2.05, 4.69) is 188 Å². The lowest BCUT2D eigenvalue weighted by Crippen LogP contribution is -1.91. The average molecular weight is 724 g/mol. The summed E-state index contributed by atoms with van der Waals surface area (Å²) in [6.45, 7) is 0. The smallest absolute Gasteiger partial charge is 0.136 e. The number of nitrogens with zero attached hydrogens (tertiary/aromatic N) is 1. The molecule has 2 aromatic heterocycles. The molecule has 0 aliphatic rings. The van der Waals surface area contributed by atoms with Crippen molar-refractivity contribution >= 4 is 75.9 Å². The van der Waals surface area contributed by atoms with Crippen molar-refractivity contribution in [2.24, 2.45) is 0 Å². The van der Waals surface area contributed by atoms with Gasteiger partial charge in [0.1, 0.15) is 11.2 Å². The van der Waals surface area contributed by atoms with Crippen molar-refractivity contribution in [1.29, 1.82) is 0 Å². The van der Waals surface area contributed by atoms with Gasteiger partial charge in [-0.05, 0) is 124 Å². The van der Waals surface area contributed by atoms with Crippen LogP contribution in [0.1, 0.15) is 0 Å². The number of furan rings is 1. The molecule has 12 aromatic rings. The van der Waals surface area contributed by atoms with Gasteiger partial charge in [-0.1, -0.05) is 158 Å². The predicted molar refractivity (Wildman–Crippen MR) is 241 cm³/mol. The largest absolute Gasteiger partial charge is 0.456 e. The van der Waals surface area contributed by atoms with Crippen LogP contribution in [0.5, 0.6) is 0 Å². The molecule has 0 atom stereocenters. The summed E-state index contributed by atoms with van der Waals surface area (Å²) in [5, 5.41) is 13.2. The van der Waals surface area contributed by atoms with E-state index in [1.54, 1.807) is 0 Å². The number of rotatable bonds is 4. The van der Waals surface area contributed by atoms with Gasteiger partial charge in [-0.25, -0.2) is 0 Å². The fourth-order valence-corrected chi connectivity index (χ4v) is 9.42. The monoisotopic (exact) mass is 723 g/mol. The Balaban J connectivity index is 1.06. The second kappa shape index (κ2) is 12.5. The van der Waals surface area contributed by atoms with Crippen molar-refractivity contribution in [2.45, 2.75) is 0 Å². The van der Waals surface area contributed by atoms with Crippen LogP contribution in [0.3, 0.4) is 0 Å². The van der Waals surface area contributed by atoms with E-state index in [1.807, 2.05) is 12.3 Å². The van der Waals surface area contributed by atoms with Crippen LogP contribution in [0, 0.1) is 0 Å². The molecule has 0 radical (unpaired) electrons. The van der Waals surface area contributed by atoms with E-state index in [4.69, 9.17) is 9.40 Å². The van der Waals surface area contributed by atoms with Crippen molar-refractivity contribution in [2.75, 3.05) is 0 Å². The maximum atomic E-state index is 6.70. The fourth-order valence-electron chi connectivity index (χ4n) is 9.42. The number of pyridine rings is 1. The minimum Gasteiger partial charge on any atom is -0.456 e. The molecule has 12 rings (SSSR count). The Bertz CT molecular complexity index is 3460. The fraction of sp³-hybridized carbons (Fsp3) is 0. The lowest BCUT2D eigenvalue weighted by atomic mass is 9.85. The van der Waals surface area contributed by atoms with E-state index in [0.29, 0.717) is 0 Å². The minimum atomic E-state index is 0.883. The van der Waals surface area contributed by atoms with Crippen LogP contribution in [-0.4, -0.2) is 4.98 Å². The third-order valence-corrected chi connectivity index (χ3v) is 11.9. The molecule has 264 valence electrons. The predicted octanol–water partition coefficient (Wildman–Crippen LogP) is 15.4. The molecular weight excluding hydrogens is 691 g/mol. The third-order valence-electron chi connectivity index (χ3n) is 11.9. The van der Waals surface area contributed by atoms with Gasteiger partial charge in [0.05, 0.1) is 5.52 Å². The number of hydrogen-bond acceptors (Lipinski definition) is 2. The van der Waals surface area contributed by atoms with Crippen LogP contribution in [0.2, 0.25) is 0 Å². The average Bonchev–Trinajstić information content (AvgIpc) is 3.64. The van der Waals surface area contributed by atoms with Crippen molar-refractivity contribution in [3.05, 3.63) is 200 Å². The zero-order valence-electron chi connectivity index (χ0n) is 30.9. The maximum absolute atomic E-state index is 6.70. The lowest BCUT2D eigenvalue weighted by molar-refractivity contribution is 0.669. The van der Waals surface area contributed by atoms with E-state index in [9.17, 15) is 0 Å². The van der Waals surface area contributed by atoms with Crippen LogP contribution >= 0.6 is 0 Å². The highest BCUT2D eigenvalue weighted by atomic mass is 16.3. The van der Waals surface area contributed by atoms with Crippen molar-refractivity contribution in [1.82, 2.24) is 4.98 Å². The van der Waals surface area contributed by atoms with E-state index in [0.717, 1.165) is 38.4 Å². The molecule has 2 nitrogen and oxygen atoms in total. The Morgan fingerprint density at radius 1 is 0.281 bits per heavy atom. The summed E-state index contributed by atoms with van der Waals surface area (Å²) in [6.07, 6.45) is 1.87. The first kappa shape index (κ1) is 31.8.